The highest BCUT2D eigenvalue weighted by Gasteiger charge is 2.08. The van der Waals surface area contributed by atoms with E-state index in [-0.39, 0.29) is 0 Å². The molecule has 0 bridgehead atoms. The summed E-state index contributed by atoms with van der Waals surface area (Å²) in [6.07, 6.45) is 7.21. The van der Waals surface area contributed by atoms with Crippen LogP contribution in [0.2, 0.25) is 0 Å². The van der Waals surface area contributed by atoms with Crippen molar-refractivity contribution in [3.8, 4) is 0 Å². The van der Waals surface area contributed by atoms with Crippen LogP contribution in [0.3, 0.4) is 0 Å². The van der Waals surface area contributed by atoms with Gasteiger partial charge in [-0.25, -0.2) is 0 Å². The number of aryl methyl sites for hydroxylation is 2. The van der Waals surface area contributed by atoms with Crippen molar-refractivity contribution in [2.45, 2.75) is 32.6 Å². The van der Waals surface area contributed by atoms with Crippen molar-refractivity contribution in [3.63, 3.8) is 0 Å². The van der Waals surface area contributed by atoms with Gasteiger partial charge in [0, 0.05) is 24.0 Å². The Hall–Kier alpha value is -2.80. The lowest BCUT2D eigenvalue weighted by atomic mass is 9.95. The smallest absolute Gasteiger partial charge is 0.0557 e. The van der Waals surface area contributed by atoms with Crippen molar-refractivity contribution in [2.75, 3.05) is 0 Å². The van der Waals surface area contributed by atoms with Crippen LogP contribution in [0.25, 0.3) is 43.2 Å². The summed E-state index contributed by atoms with van der Waals surface area (Å²) in [6, 6.07) is 23.0. The lowest BCUT2D eigenvalue weighted by molar-refractivity contribution is 0.718. The molecule has 0 aliphatic carbocycles. The Labute approximate surface area is 160 Å². The van der Waals surface area contributed by atoms with E-state index in [0.29, 0.717) is 0 Å². The molecule has 0 N–H and O–H groups in total. The first-order chi connectivity index (χ1) is 13.2. The fourth-order valence-electron chi connectivity index (χ4n) is 4.47. The summed E-state index contributed by atoms with van der Waals surface area (Å²) >= 11 is 0. The average Bonchev–Trinajstić information content (AvgIpc) is 3.07. The van der Waals surface area contributed by atoms with Gasteiger partial charge in [-0.05, 0) is 63.5 Å². The average molecular weight is 351 g/mol. The highest BCUT2D eigenvalue weighted by atomic mass is 14.9. The zero-order chi connectivity index (χ0) is 18.4. The van der Waals surface area contributed by atoms with Gasteiger partial charge >= 0.3 is 0 Å². The minimum absolute atomic E-state index is 1.19. The number of rotatable bonds is 4. The predicted octanol–water partition coefficient (Wildman–Crippen LogP) is 7.37. The van der Waals surface area contributed by atoms with E-state index in [9.17, 15) is 0 Å². The van der Waals surface area contributed by atoms with Crippen LogP contribution in [-0.2, 0) is 13.5 Å². The van der Waals surface area contributed by atoms with Gasteiger partial charge < -0.3 is 4.57 Å². The van der Waals surface area contributed by atoms with Gasteiger partial charge in [0.25, 0.3) is 0 Å². The third-order valence-corrected chi connectivity index (χ3v) is 5.94. The largest absolute Gasteiger partial charge is 0.350 e. The molecular weight excluding hydrogens is 326 g/mol. The number of nitrogens with zero attached hydrogens (tertiary/aromatic N) is 1. The lowest BCUT2D eigenvalue weighted by Crippen LogP contribution is -1.88. The minimum atomic E-state index is 1.19. The van der Waals surface area contributed by atoms with Gasteiger partial charge in [0.05, 0.1) is 5.52 Å². The fourth-order valence-corrected chi connectivity index (χ4v) is 4.47. The van der Waals surface area contributed by atoms with Crippen LogP contribution < -0.4 is 0 Å². The number of unbranched alkanes of at least 4 members (excludes halogenated alkanes) is 2. The van der Waals surface area contributed by atoms with Gasteiger partial charge in [-0.2, -0.15) is 0 Å². The molecular formula is C26H25N. The molecule has 0 aliphatic heterocycles. The molecule has 5 rings (SSSR count). The first-order valence-corrected chi connectivity index (χ1v) is 10.1. The van der Waals surface area contributed by atoms with Crippen molar-refractivity contribution < 1.29 is 0 Å². The SMILES string of the molecule is CCCCCc1ccc2cc3c(ccc4c3ccc3ccn(C)c34)cc2c1. The van der Waals surface area contributed by atoms with Gasteiger partial charge in [-0.1, -0.05) is 62.2 Å². The standard InChI is InChI=1S/C26H25N/c1-3-4-5-6-18-7-8-20-17-25-21(16-22(20)15-18)10-12-24-23(25)11-9-19-13-14-27(2)26(19)24/h7-17H,3-6H2,1-2H3. The number of hydrogen-bond acceptors (Lipinski definition) is 0. The molecule has 0 spiro atoms. The Kier molecular flexibility index (Phi) is 3.89. The van der Waals surface area contributed by atoms with Crippen molar-refractivity contribution in [3.05, 3.63) is 72.4 Å². The lowest BCUT2D eigenvalue weighted by Gasteiger charge is -2.10. The Morgan fingerprint density at radius 2 is 1.48 bits per heavy atom. The third kappa shape index (κ3) is 2.70. The Bertz CT molecular complexity index is 1290. The molecule has 0 atom stereocenters. The summed E-state index contributed by atoms with van der Waals surface area (Å²) in [5, 5.41) is 9.36. The number of fused-ring (bicyclic) bond motifs is 6. The summed E-state index contributed by atoms with van der Waals surface area (Å²) in [4.78, 5) is 0. The van der Waals surface area contributed by atoms with Crippen LogP contribution in [0.1, 0.15) is 31.7 Å². The Morgan fingerprint density at radius 3 is 2.37 bits per heavy atom. The molecule has 0 fully saturated rings. The summed E-state index contributed by atoms with van der Waals surface area (Å²) < 4.78 is 2.23. The molecule has 0 saturated carbocycles. The van der Waals surface area contributed by atoms with Gasteiger partial charge in [0.15, 0.2) is 0 Å². The van der Waals surface area contributed by atoms with Crippen LogP contribution in [0.5, 0.6) is 0 Å². The van der Waals surface area contributed by atoms with Crippen molar-refractivity contribution in [1.82, 2.24) is 4.57 Å². The molecule has 27 heavy (non-hydrogen) atoms. The zero-order valence-electron chi connectivity index (χ0n) is 16.1. The molecule has 0 radical (unpaired) electrons. The monoisotopic (exact) mass is 351 g/mol. The Balaban J connectivity index is 1.71. The highest BCUT2D eigenvalue weighted by molar-refractivity contribution is 6.18. The van der Waals surface area contributed by atoms with Crippen molar-refractivity contribution >= 4 is 43.2 Å². The summed E-state index contributed by atoms with van der Waals surface area (Å²) in [6.45, 7) is 2.26. The molecule has 5 aromatic rings. The van der Waals surface area contributed by atoms with Crippen LogP contribution >= 0.6 is 0 Å². The van der Waals surface area contributed by atoms with E-state index < -0.39 is 0 Å². The molecule has 1 nitrogen and oxygen atoms in total. The maximum absolute atomic E-state index is 2.38. The molecule has 0 aliphatic rings. The van der Waals surface area contributed by atoms with Crippen LogP contribution in [0.4, 0.5) is 0 Å². The second-order valence-corrected chi connectivity index (χ2v) is 7.80. The second-order valence-electron chi connectivity index (χ2n) is 7.80. The van der Waals surface area contributed by atoms with Crippen LogP contribution in [0, 0.1) is 0 Å². The van der Waals surface area contributed by atoms with E-state index in [4.69, 9.17) is 0 Å². The van der Waals surface area contributed by atoms with E-state index in [1.807, 2.05) is 0 Å². The Morgan fingerprint density at radius 1 is 0.667 bits per heavy atom. The molecule has 0 saturated heterocycles. The van der Waals surface area contributed by atoms with Crippen molar-refractivity contribution in [2.24, 2.45) is 7.05 Å². The molecule has 1 heteroatoms. The number of benzene rings is 4. The van der Waals surface area contributed by atoms with Crippen LogP contribution in [-0.4, -0.2) is 4.57 Å². The van der Waals surface area contributed by atoms with Crippen molar-refractivity contribution in [1.29, 1.82) is 0 Å². The third-order valence-electron chi connectivity index (χ3n) is 5.94. The first-order valence-electron chi connectivity index (χ1n) is 10.1. The van der Waals surface area contributed by atoms with E-state index in [1.165, 1.54) is 74.5 Å². The quantitative estimate of drug-likeness (QED) is 0.181. The predicted molar refractivity (Wildman–Crippen MR) is 119 cm³/mol. The van der Waals surface area contributed by atoms with E-state index >= 15 is 0 Å². The van der Waals surface area contributed by atoms with Gasteiger partial charge in [-0.3, -0.25) is 0 Å². The minimum Gasteiger partial charge on any atom is -0.350 e. The number of hydrogen-bond donors (Lipinski definition) is 0. The molecule has 1 heterocycles. The maximum Gasteiger partial charge on any atom is 0.0557 e. The zero-order valence-corrected chi connectivity index (χ0v) is 16.1. The van der Waals surface area contributed by atoms with Gasteiger partial charge in [0.1, 0.15) is 0 Å². The molecule has 0 amide bonds. The molecule has 0 unspecified atom stereocenters. The van der Waals surface area contributed by atoms with Gasteiger partial charge in [-0.15, -0.1) is 0 Å². The van der Waals surface area contributed by atoms with E-state index in [1.54, 1.807) is 0 Å². The topological polar surface area (TPSA) is 4.93 Å². The second kappa shape index (κ2) is 6.42. The summed E-state index contributed by atoms with van der Waals surface area (Å²) in [5.41, 5.74) is 2.78. The molecule has 1 aromatic heterocycles. The molecule has 134 valence electrons. The fraction of sp³-hybridized carbons (Fsp3) is 0.231. The maximum atomic E-state index is 2.38. The van der Waals surface area contributed by atoms with E-state index in [0.717, 1.165) is 0 Å². The summed E-state index contributed by atoms with van der Waals surface area (Å²) in [7, 11) is 2.13. The first kappa shape index (κ1) is 16.4. The normalized spacial score (nSPS) is 11.9. The summed E-state index contributed by atoms with van der Waals surface area (Å²) in [5.74, 6) is 0. The van der Waals surface area contributed by atoms with Crippen LogP contribution in [0.15, 0.2) is 66.9 Å². The van der Waals surface area contributed by atoms with E-state index in [2.05, 4.69) is 85.4 Å². The highest BCUT2D eigenvalue weighted by Crippen LogP contribution is 2.34. The van der Waals surface area contributed by atoms with Gasteiger partial charge in [0.2, 0.25) is 0 Å². The number of aromatic nitrogens is 1. The molecule has 4 aromatic carbocycles.